The summed E-state index contributed by atoms with van der Waals surface area (Å²) in [6, 6.07) is 14.5. The number of rotatable bonds is 4. The number of nitrogens with zero attached hydrogens (tertiary/aromatic N) is 4. The minimum absolute atomic E-state index is 0.210. The summed E-state index contributed by atoms with van der Waals surface area (Å²) >= 11 is 12.1. The first kappa shape index (κ1) is 18.7. The van der Waals surface area contributed by atoms with Crippen molar-refractivity contribution in [1.82, 2.24) is 19.8 Å². The summed E-state index contributed by atoms with van der Waals surface area (Å²) in [6.07, 6.45) is 1.15. The molecule has 28 heavy (non-hydrogen) atoms. The molecule has 4 aromatic rings. The van der Waals surface area contributed by atoms with Gasteiger partial charge in [0.1, 0.15) is 5.75 Å². The van der Waals surface area contributed by atoms with Crippen LogP contribution in [0.3, 0.4) is 0 Å². The van der Waals surface area contributed by atoms with E-state index in [1.54, 1.807) is 42.5 Å². The Morgan fingerprint density at radius 3 is 2.25 bits per heavy atom. The Kier molecular flexibility index (Phi) is 4.70. The molecule has 0 saturated heterocycles. The average molecular weight is 435 g/mol. The molecule has 0 radical (unpaired) electrons. The lowest BCUT2D eigenvalue weighted by Gasteiger charge is -2.07. The molecule has 10 heteroatoms. The van der Waals surface area contributed by atoms with E-state index in [9.17, 15) is 8.42 Å². The van der Waals surface area contributed by atoms with Crippen LogP contribution in [-0.2, 0) is 9.84 Å². The molecule has 2 aromatic carbocycles. The van der Waals surface area contributed by atoms with Gasteiger partial charge in [-0.1, -0.05) is 23.2 Å². The maximum Gasteiger partial charge on any atom is 0.237 e. The third-order valence-corrected chi connectivity index (χ3v) is 5.40. The molecule has 0 aliphatic rings. The number of aromatic nitrogens is 4. The Morgan fingerprint density at radius 2 is 1.61 bits per heavy atom. The summed E-state index contributed by atoms with van der Waals surface area (Å²) in [5, 5.41) is 13.6. The number of hydrogen-bond acceptors (Lipinski definition) is 6. The second-order valence-electron chi connectivity index (χ2n) is 5.97. The highest BCUT2D eigenvalue weighted by Crippen LogP contribution is 2.27. The highest BCUT2D eigenvalue weighted by molar-refractivity contribution is 7.90. The minimum atomic E-state index is -3.27. The summed E-state index contributed by atoms with van der Waals surface area (Å²) in [4.78, 5) is 0.210. The molecule has 2 heterocycles. The van der Waals surface area contributed by atoms with Gasteiger partial charge in [0.25, 0.3) is 0 Å². The summed E-state index contributed by atoms with van der Waals surface area (Å²) in [5.74, 6) is 1.19. The molecule has 0 unspecified atom stereocenters. The Hall–Kier alpha value is -2.68. The predicted molar refractivity (Wildman–Crippen MR) is 106 cm³/mol. The van der Waals surface area contributed by atoms with Crippen molar-refractivity contribution in [3.05, 3.63) is 64.6 Å². The molecular formula is C18H12Cl2N4O3S. The molecule has 4 rings (SSSR count). The van der Waals surface area contributed by atoms with Crippen LogP contribution in [-0.4, -0.2) is 34.5 Å². The van der Waals surface area contributed by atoms with Crippen molar-refractivity contribution in [3.8, 4) is 23.0 Å². The van der Waals surface area contributed by atoms with E-state index in [2.05, 4.69) is 15.3 Å². The van der Waals surface area contributed by atoms with Gasteiger partial charge in [-0.2, -0.15) is 4.52 Å². The van der Waals surface area contributed by atoms with Crippen LogP contribution in [0.15, 0.2) is 59.5 Å². The molecule has 0 aliphatic carbocycles. The standard InChI is InChI=1S/C18H12Cl2N4O3S/c1-28(25,26)15-4-2-14(3-5-15)27-17-7-6-16-21-22-18(24(16)23-17)11-8-12(19)10-13(20)9-11/h2-10H,1H3. The van der Waals surface area contributed by atoms with Gasteiger partial charge >= 0.3 is 0 Å². The lowest BCUT2D eigenvalue weighted by atomic mass is 10.2. The Bertz CT molecular complexity index is 1270. The number of sulfone groups is 1. The molecule has 0 aliphatic heterocycles. The maximum atomic E-state index is 11.6. The van der Waals surface area contributed by atoms with E-state index in [1.165, 1.54) is 16.6 Å². The zero-order valence-electron chi connectivity index (χ0n) is 14.4. The van der Waals surface area contributed by atoms with Gasteiger partial charge in [0.2, 0.25) is 5.88 Å². The molecule has 0 fully saturated rings. The average Bonchev–Trinajstić information content (AvgIpc) is 3.04. The molecule has 7 nitrogen and oxygen atoms in total. The van der Waals surface area contributed by atoms with E-state index < -0.39 is 9.84 Å². The zero-order chi connectivity index (χ0) is 19.9. The van der Waals surface area contributed by atoms with E-state index >= 15 is 0 Å². The van der Waals surface area contributed by atoms with Gasteiger partial charge in [-0.3, -0.25) is 0 Å². The van der Waals surface area contributed by atoms with Gasteiger partial charge in [-0.15, -0.1) is 15.3 Å². The van der Waals surface area contributed by atoms with Crippen LogP contribution in [0.5, 0.6) is 11.6 Å². The Morgan fingerprint density at radius 1 is 0.929 bits per heavy atom. The van der Waals surface area contributed by atoms with Crippen LogP contribution in [0.1, 0.15) is 0 Å². The van der Waals surface area contributed by atoms with Crippen LogP contribution in [0, 0.1) is 0 Å². The summed E-state index contributed by atoms with van der Waals surface area (Å²) in [5.41, 5.74) is 1.18. The van der Waals surface area contributed by atoms with Crippen LogP contribution in [0.2, 0.25) is 10.0 Å². The van der Waals surface area contributed by atoms with Crippen molar-refractivity contribution in [2.75, 3.05) is 6.26 Å². The Labute approximate surface area is 170 Å². The molecule has 0 atom stereocenters. The molecule has 0 saturated carbocycles. The fourth-order valence-corrected chi connectivity index (χ4v) is 3.72. The van der Waals surface area contributed by atoms with Crippen molar-refractivity contribution in [3.63, 3.8) is 0 Å². The fraction of sp³-hybridized carbons (Fsp3) is 0.0556. The topological polar surface area (TPSA) is 86.5 Å². The number of hydrogen-bond donors (Lipinski definition) is 0. The number of benzene rings is 2. The third kappa shape index (κ3) is 3.80. The zero-order valence-corrected chi connectivity index (χ0v) is 16.7. The van der Waals surface area contributed by atoms with Crippen LogP contribution >= 0.6 is 23.2 Å². The minimum Gasteiger partial charge on any atom is -0.438 e. The molecule has 2 aromatic heterocycles. The highest BCUT2D eigenvalue weighted by atomic mass is 35.5. The van der Waals surface area contributed by atoms with Gasteiger partial charge in [0.15, 0.2) is 21.3 Å². The van der Waals surface area contributed by atoms with Crippen molar-refractivity contribution in [1.29, 1.82) is 0 Å². The van der Waals surface area contributed by atoms with Gasteiger partial charge in [0, 0.05) is 27.9 Å². The molecule has 142 valence electrons. The summed E-state index contributed by atoms with van der Waals surface area (Å²) in [6.45, 7) is 0. The van der Waals surface area contributed by atoms with Crippen LogP contribution in [0.25, 0.3) is 17.0 Å². The monoisotopic (exact) mass is 434 g/mol. The van der Waals surface area contributed by atoms with Gasteiger partial charge in [-0.25, -0.2) is 8.42 Å². The van der Waals surface area contributed by atoms with E-state index in [1.807, 2.05) is 0 Å². The molecular weight excluding hydrogens is 423 g/mol. The summed E-state index contributed by atoms with van der Waals surface area (Å²) < 4.78 is 30.3. The molecule has 0 bridgehead atoms. The van der Waals surface area contributed by atoms with Crippen molar-refractivity contribution in [2.24, 2.45) is 0 Å². The fourth-order valence-electron chi connectivity index (χ4n) is 2.57. The molecule has 0 N–H and O–H groups in total. The lowest BCUT2D eigenvalue weighted by molar-refractivity contribution is 0.452. The van der Waals surface area contributed by atoms with E-state index in [0.717, 1.165) is 6.26 Å². The number of fused-ring (bicyclic) bond motifs is 1. The molecule has 0 spiro atoms. The summed E-state index contributed by atoms with van der Waals surface area (Å²) in [7, 11) is -3.27. The second kappa shape index (κ2) is 7.05. The van der Waals surface area contributed by atoms with Crippen LogP contribution in [0.4, 0.5) is 0 Å². The van der Waals surface area contributed by atoms with E-state index in [0.29, 0.717) is 32.8 Å². The van der Waals surface area contributed by atoms with Crippen molar-refractivity contribution in [2.45, 2.75) is 4.90 Å². The smallest absolute Gasteiger partial charge is 0.237 e. The molecule has 0 amide bonds. The van der Waals surface area contributed by atoms with Gasteiger partial charge in [-0.05, 0) is 48.5 Å². The van der Waals surface area contributed by atoms with Gasteiger partial charge < -0.3 is 4.74 Å². The highest BCUT2D eigenvalue weighted by Gasteiger charge is 2.13. The van der Waals surface area contributed by atoms with Crippen molar-refractivity contribution < 1.29 is 13.2 Å². The largest absolute Gasteiger partial charge is 0.438 e. The quantitative estimate of drug-likeness (QED) is 0.475. The first-order valence-corrected chi connectivity index (χ1v) is 10.6. The van der Waals surface area contributed by atoms with E-state index in [4.69, 9.17) is 27.9 Å². The first-order valence-electron chi connectivity index (χ1n) is 7.96. The predicted octanol–water partition coefficient (Wildman–Crippen LogP) is 4.29. The van der Waals surface area contributed by atoms with Crippen LogP contribution < -0.4 is 4.74 Å². The SMILES string of the molecule is CS(=O)(=O)c1ccc(Oc2ccc3nnc(-c4cc(Cl)cc(Cl)c4)n3n2)cc1. The third-order valence-electron chi connectivity index (χ3n) is 3.83. The second-order valence-corrected chi connectivity index (χ2v) is 8.86. The number of halogens is 2. The number of ether oxygens (including phenoxy) is 1. The van der Waals surface area contributed by atoms with E-state index in [-0.39, 0.29) is 10.8 Å². The first-order chi connectivity index (χ1) is 13.3. The van der Waals surface area contributed by atoms with Crippen molar-refractivity contribution >= 4 is 38.7 Å². The maximum absolute atomic E-state index is 11.6. The Balaban J connectivity index is 1.70. The lowest BCUT2D eigenvalue weighted by Crippen LogP contribution is -1.99. The normalized spacial score (nSPS) is 11.7. The van der Waals surface area contributed by atoms with Gasteiger partial charge in [0.05, 0.1) is 4.90 Å².